The van der Waals surface area contributed by atoms with Crippen LogP contribution in [-0.2, 0) is 4.79 Å². The van der Waals surface area contributed by atoms with Crippen LogP contribution in [0.25, 0.3) is 0 Å². The zero-order valence-electron chi connectivity index (χ0n) is 6.93. The van der Waals surface area contributed by atoms with Crippen LogP contribution in [-0.4, -0.2) is 18.0 Å². The molecule has 0 aromatic heterocycles. The van der Waals surface area contributed by atoms with E-state index < -0.39 is 0 Å². The number of thioether (sulfide) groups is 4. The number of hydrogen-bond donors (Lipinski definition) is 1. The van der Waals surface area contributed by atoms with E-state index >= 15 is 0 Å². The smallest absolute Gasteiger partial charge is 0.157 e. The second kappa shape index (κ2) is 4.85. The molecular weight excluding hydrogens is 256 g/mol. The first-order valence-corrected chi connectivity index (χ1v) is 7.11. The van der Waals surface area contributed by atoms with Gasteiger partial charge in [-0.1, -0.05) is 47.0 Å². The molecule has 1 N–H and O–H groups in total. The maximum atomic E-state index is 10.5. The van der Waals surface area contributed by atoms with Crippen LogP contribution < -0.4 is 0 Å². The predicted octanol–water partition coefficient (Wildman–Crippen LogP) is 2.95. The molecule has 0 aliphatic carbocycles. The van der Waals surface area contributed by atoms with Gasteiger partial charge < -0.3 is 5.11 Å². The van der Waals surface area contributed by atoms with E-state index in [0.29, 0.717) is 0 Å². The first kappa shape index (κ1) is 10.8. The van der Waals surface area contributed by atoms with E-state index in [2.05, 4.69) is 0 Å². The average molecular weight is 262 g/mol. The van der Waals surface area contributed by atoms with Gasteiger partial charge in [0.2, 0.25) is 0 Å². The molecule has 2 heterocycles. The summed E-state index contributed by atoms with van der Waals surface area (Å²) in [5.41, 5.74) is 0. The molecule has 0 fully saturated rings. The van der Waals surface area contributed by atoms with Crippen molar-refractivity contribution in [2.75, 3.05) is 6.61 Å². The topological polar surface area (TPSA) is 37.3 Å². The van der Waals surface area contributed by atoms with Crippen molar-refractivity contribution in [1.82, 2.24) is 0 Å². The fourth-order valence-corrected chi connectivity index (χ4v) is 5.40. The number of aliphatic hydroxyl groups excluding tert-OH is 1. The van der Waals surface area contributed by atoms with Crippen molar-refractivity contribution in [1.29, 1.82) is 0 Å². The van der Waals surface area contributed by atoms with Gasteiger partial charge in [-0.2, -0.15) is 0 Å². The Kier molecular flexibility index (Phi) is 3.73. The third-order valence-electron chi connectivity index (χ3n) is 1.45. The summed E-state index contributed by atoms with van der Waals surface area (Å²) >= 11 is 6.27. The van der Waals surface area contributed by atoms with E-state index in [9.17, 15) is 4.79 Å². The fourth-order valence-electron chi connectivity index (χ4n) is 0.854. The van der Waals surface area contributed by atoms with Gasteiger partial charge >= 0.3 is 0 Å². The highest BCUT2D eigenvalue weighted by atomic mass is 32.2. The normalized spacial score (nSPS) is 26.4. The van der Waals surface area contributed by atoms with Crippen LogP contribution >= 0.6 is 47.0 Å². The molecule has 2 nitrogen and oxygen atoms in total. The van der Waals surface area contributed by atoms with E-state index in [0.717, 1.165) is 24.6 Å². The molecule has 0 unspecified atom stereocenters. The second-order valence-electron chi connectivity index (χ2n) is 2.40. The summed E-state index contributed by atoms with van der Waals surface area (Å²) in [6, 6.07) is 0. The standard InChI is InChI=1S/C8H6O2S4/c9-1-5-3-11-7(13-5)8-12-4-6(2-10)14-8/h1,3-4,10H,2H2/b8-7-. The van der Waals surface area contributed by atoms with Crippen molar-refractivity contribution in [3.8, 4) is 0 Å². The number of aldehydes is 1. The minimum atomic E-state index is 0.0950. The Balaban J connectivity index is 2.05. The van der Waals surface area contributed by atoms with Gasteiger partial charge in [0.15, 0.2) is 6.29 Å². The molecule has 0 aromatic carbocycles. The van der Waals surface area contributed by atoms with Gasteiger partial charge in [0.25, 0.3) is 0 Å². The molecule has 0 saturated heterocycles. The van der Waals surface area contributed by atoms with Crippen molar-refractivity contribution >= 4 is 53.3 Å². The Morgan fingerprint density at radius 3 is 2.50 bits per heavy atom. The molecule has 0 atom stereocenters. The molecule has 0 saturated carbocycles. The molecule has 2 aliphatic rings. The fraction of sp³-hybridized carbons (Fsp3) is 0.125. The molecule has 0 bridgehead atoms. The van der Waals surface area contributed by atoms with Crippen LogP contribution in [0.15, 0.2) is 29.1 Å². The quantitative estimate of drug-likeness (QED) is 0.771. The highest BCUT2D eigenvalue weighted by molar-refractivity contribution is 8.33. The third-order valence-corrected chi connectivity index (χ3v) is 6.69. The summed E-state index contributed by atoms with van der Waals surface area (Å²) in [5, 5.41) is 12.7. The van der Waals surface area contributed by atoms with E-state index in [-0.39, 0.29) is 6.61 Å². The Bertz CT molecular complexity index is 356. The number of hydrogen-bond acceptors (Lipinski definition) is 6. The molecule has 0 amide bonds. The molecule has 6 heteroatoms. The third kappa shape index (κ3) is 2.25. The molecule has 14 heavy (non-hydrogen) atoms. The maximum Gasteiger partial charge on any atom is 0.157 e. The lowest BCUT2D eigenvalue weighted by Crippen LogP contribution is -1.79. The Morgan fingerprint density at radius 1 is 1.21 bits per heavy atom. The molecule has 74 valence electrons. The Hall–Kier alpha value is 0.250. The lowest BCUT2D eigenvalue weighted by molar-refractivity contribution is -0.104. The van der Waals surface area contributed by atoms with E-state index in [1.165, 1.54) is 11.8 Å². The van der Waals surface area contributed by atoms with Gasteiger partial charge in [-0.05, 0) is 10.8 Å². The van der Waals surface area contributed by atoms with Crippen molar-refractivity contribution < 1.29 is 9.90 Å². The highest BCUT2D eigenvalue weighted by Crippen LogP contribution is 2.54. The monoisotopic (exact) mass is 262 g/mol. The number of carbonyl (C=O) groups is 1. The largest absolute Gasteiger partial charge is 0.391 e. The van der Waals surface area contributed by atoms with E-state index in [1.807, 2.05) is 10.8 Å². The summed E-state index contributed by atoms with van der Waals surface area (Å²) in [7, 11) is 0. The van der Waals surface area contributed by atoms with Crippen LogP contribution in [0.5, 0.6) is 0 Å². The SMILES string of the molecule is O=CC1=CS/C(=C2\SC=C(CO)S2)S1. The van der Waals surface area contributed by atoms with Crippen LogP contribution in [0, 0.1) is 0 Å². The molecule has 2 aliphatic heterocycles. The van der Waals surface area contributed by atoms with Gasteiger partial charge in [-0.3, -0.25) is 4.79 Å². The number of allylic oxidation sites excluding steroid dienone is 1. The van der Waals surface area contributed by atoms with Crippen molar-refractivity contribution in [3.05, 3.63) is 29.1 Å². The van der Waals surface area contributed by atoms with Gasteiger partial charge in [0.1, 0.15) is 0 Å². The second-order valence-corrected chi connectivity index (χ2v) is 6.89. The molecule has 2 rings (SSSR count). The minimum Gasteiger partial charge on any atom is -0.391 e. The zero-order valence-corrected chi connectivity index (χ0v) is 10.2. The highest BCUT2D eigenvalue weighted by Gasteiger charge is 2.20. The van der Waals surface area contributed by atoms with Crippen molar-refractivity contribution in [2.45, 2.75) is 0 Å². The molecule has 0 aromatic rings. The van der Waals surface area contributed by atoms with Gasteiger partial charge in [-0.15, -0.1) is 0 Å². The lowest BCUT2D eigenvalue weighted by atomic mass is 10.7. The Labute approximate surface area is 98.7 Å². The van der Waals surface area contributed by atoms with Crippen LogP contribution in [0.4, 0.5) is 0 Å². The van der Waals surface area contributed by atoms with Gasteiger partial charge in [0.05, 0.1) is 20.0 Å². The van der Waals surface area contributed by atoms with Gasteiger partial charge in [0, 0.05) is 4.91 Å². The van der Waals surface area contributed by atoms with Crippen molar-refractivity contribution in [2.24, 2.45) is 0 Å². The minimum absolute atomic E-state index is 0.0950. The average Bonchev–Trinajstić information content (AvgIpc) is 2.86. The molecule has 0 radical (unpaired) electrons. The maximum absolute atomic E-state index is 10.5. The summed E-state index contributed by atoms with van der Waals surface area (Å²) in [5.74, 6) is 0. The molecule has 0 spiro atoms. The summed E-state index contributed by atoms with van der Waals surface area (Å²) < 4.78 is 2.30. The zero-order chi connectivity index (χ0) is 9.97. The van der Waals surface area contributed by atoms with Gasteiger partial charge in [-0.25, -0.2) is 0 Å². The van der Waals surface area contributed by atoms with E-state index in [1.54, 1.807) is 35.3 Å². The lowest BCUT2D eigenvalue weighted by Gasteiger charge is -2.00. The summed E-state index contributed by atoms with van der Waals surface area (Å²) in [4.78, 5) is 12.2. The van der Waals surface area contributed by atoms with Crippen molar-refractivity contribution in [3.63, 3.8) is 0 Å². The first-order chi connectivity index (χ1) is 6.83. The Morgan fingerprint density at radius 2 is 1.93 bits per heavy atom. The van der Waals surface area contributed by atoms with E-state index in [4.69, 9.17) is 5.11 Å². The summed E-state index contributed by atoms with van der Waals surface area (Å²) in [6.45, 7) is 0.0950. The first-order valence-electron chi connectivity index (χ1n) is 3.72. The molecular formula is C8H6O2S4. The van der Waals surface area contributed by atoms with Crippen LogP contribution in [0.1, 0.15) is 0 Å². The van der Waals surface area contributed by atoms with Crippen LogP contribution in [0.3, 0.4) is 0 Å². The number of carbonyl (C=O) groups excluding carboxylic acids is 1. The number of rotatable bonds is 2. The van der Waals surface area contributed by atoms with Crippen LogP contribution in [0.2, 0.25) is 0 Å². The predicted molar refractivity (Wildman–Crippen MR) is 66.7 cm³/mol. The number of aliphatic hydroxyl groups is 1. The summed E-state index contributed by atoms with van der Waals surface area (Å²) in [6.07, 6.45) is 0.871.